The number of aliphatic hydroxyl groups excluding tert-OH is 1. The summed E-state index contributed by atoms with van der Waals surface area (Å²) in [4.78, 5) is 4.68. The molecule has 25 heavy (non-hydrogen) atoms. The molecule has 2 aliphatic rings. The molecule has 0 spiro atoms. The number of piperazine rings is 1. The van der Waals surface area contributed by atoms with E-state index in [1.807, 2.05) is 12.1 Å². The Balaban J connectivity index is 1.33. The van der Waals surface area contributed by atoms with Gasteiger partial charge in [0.25, 0.3) is 0 Å². The van der Waals surface area contributed by atoms with Gasteiger partial charge in [-0.25, -0.2) is 0 Å². The molecule has 0 aromatic heterocycles. The van der Waals surface area contributed by atoms with Crippen LogP contribution in [0.25, 0.3) is 0 Å². The minimum Gasteiger partial charge on any atom is -0.497 e. The van der Waals surface area contributed by atoms with Crippen LogP contribution in [0.1, 0.15) is 12.8 Å². The highest BCUT2D eigenvalue weighted by atomic mass is 16.5. The van der Waals surface area contributed by atoms with Crippen molar-refractivity contribution in [3.63, 3.8) is 0 Å². The average Bonchev–Trinajstić information content (AvgIpc) is 3.16. The molecule has 2 fully saturated rings. The van der Waals surface area contributed by atoms with E-state index < -0.39 is 6.10 Å². The normalized spacial score (nSPS) is 23.0. The number of benzene rings is 1. The van der Waals surface area contributed by atoms with Crippen molar-refractivity contribution in [3.8, 4) is 5.75 Å². The first kappa shape index (κ1) is 18.5. The molecule has 0 amide bonds. The number of β-amino-alcohol motifs (C(OH)–C–C–N with tert-alkyl or cyclic N) is 1. The zero-order chi connectivity index (χ0) is 17.5. The molecule has 0 radical (unpaired) electrons. The SMILES string of the molecule is COc1ccc(N2CCN(CC(O)COCC3CCCO3)CC2)cc1. The van der Waals surface area contributed by atoms with E-state index in [0.717, 1.165) is 51.4 Å². The molecule has 0 aliphatic carbocycles. The van der Waals surface area contributed by atoms with E-state index in [0.29, 0.717) is 19.8 Å². The first-order valence-electron chi connectivity index (χ1n) is 9.23. The zero-order valence-electron chi connectivity index (χ0n) is 15.1. The standard InChI is InChI=1S/C19H30N2O4/c1-23-18-6-4-16(5-7-18)21-10-8-20(9-11-21)13-17(22)14-24-15-19-3-2-12-25-19/h4-7,17,19,22H,2-3,8-15H2,1H3. The third-order valence-electron chi connectivity index (χ3n) is 4.92. The lowest BCUT2D eigenvalue weighted by molar-refractivity contribution is -0.0254. The van der Waals surface area contributed by atoms with E-state index in [2.05, 4.69) is 21.9 Å². The molecular weight excluding hydrogens is 320 g/mol. The minimum atomic E-state index is -0.436. The van der Waals surface area contributed by atoms with Gasteiger partial charge in [0.1, 0.15) is 5.75 Å². The van der Waals surface area contributed by atoms with Gasteiger partial charge in [-0.2, -0.15) is 0 Å². The highest BCUT2D eigenvalue weighted by Crippen LogP contribution is 2.20. The Morgan fingerprint density at radius 1 is 1.20 bits per heavy atom. The number of ether oxygens (including phenoxy) is 3. The van der Waals surface area contributed by atoms with Crippen LogP contribution in [0.3, 0.4) is 0 Å². The smallest absolute Gasteiger partial charge is 0.119 e. The molecule has 2 aliphatic heterocycles. The third-order valence-corrected chi connectivity index (χ3v) is 4.92. The second kappa shape index (κ2) is 9.38. The number of methoxy groups -OCH3 is 1. The second-order valence-corrected chi connectivity index (χ2v) is 6.81. The predicted octanol–water partition coefficient (Wildman–Crippen LogP) is 1.37. The van der Waals surface area contributed by atoms with Crippen molar-refractivity contribution < 1.29 is 19.3 Å². The summed E-state index contributed by atoms with van der Waals surface area (Å²) in [6, 6.07) is 8.19. The lowest BCUT2D eigenvalue weighted by atomic mass is 10.2. The van der Waals surface area contributed by atoms with Crippen LogP contribution in [0.2, 0.25) is 0 Å². The van der Waals surface area contributed by atoms with E-state index >= 15 is 0 Å². The highest BCUT2D eigenvalue weighted by Gasteiger charge is 2.20. The number of anilines is 1. The first-order chi connectivity index (χ1) is 12.2. The van der Waals surface area contributed by atoms with Crippen molar-refractivity contribution >= 4 is 5.69 Å². The summed E-state index contributed by atoms with van der Waals surface area (Å²) in [7, 11) is 1.68. The van der Waals surface area contributed by atoms with E-state index in [1.54, 1.807) is 7.11 Å². The third kappa shape index (κ3) is 5.57. The van der Waals surface area contributed by atoms with Crippen molar-refractivity contribution in [1.82, 2.24) is 4.90 Å². The Bertz CT molecular complexity index is 497. The Hall–Kier alpha value is -1.34. The van der Waals surface area contributed by atoms with Gasteiger partial charge in [0.2, 0.25) is 0 Å². The molecule has 2 atom stereocenters. The number of aliphatic hydroxyl groups is 1. The van der Waals surface area contributed by atoms with Gasteiger partial charge < -0.3 is 24.2 Å². The topological polar surface area (TPSA) is 54.4 Å². The summed E-state index contributed by atoms with van der Waals surface area (Å²) in [5, 5.41) is 10.2. The summed E-state index contributed by atoms with van der Waals surface area (Å²) in [6.07, 6.45) is 1.98. The van der Waals surface area contributed by atoms with Gasteiger partial charge in [0, 0.05) is 45.0 Å². The van der Waals surface area contributed by atoms with E-state index in [-0.39, 0.29) is 6.10 Å². The molecule has 0 saturated carbocycles. The molecule has 3 rings (SSSR count). The Labute approximate surface area is 150 Å². The van der Waals surface area contributed by atoms with Crippen molar-refractivity contribution in [2.24, 2.45) is 0 Å². The van der Waals surface area contributed by atoms with Crippen molar-refractivity contribution in [1.29, 1.82) is 0 Å². The lowest BCUT2D eigenvalue weighted by Crippen LogP contribution is -2.49. The average molecular weight is 350 g/mol. The Morgan fingerprint density at radius 2 is 1.96 bits per heavy atom. The molecular formula is C19H30N2O4. The van der Waals surface area contributed by atoms with Gasteiger partial charge in [-0.15, -0.1) is 0 Å². The molecule has 2 unspecified atom stereocenters. The summed E-state index contributed by atoms with van der Waals surface area (Å²) in [6.45, 7) is 6.34. The lowest BCUT2D eigenvalue weighted by Gasteiger charge is -2.37. The molecule has 6 heteroatoms. The Kier molecular flexibility index (Phi) is 6.93. The highest BCUT2D eigenvalue weighted by molar-refractivity contribution is 5.49. The summed E-state index contributed by atoms with van der Waals surface area (Å²) in [5.74, 6) is 0.883. The zero-order valence-corrected chi connectivity index (χ0v) is 15.1. The molecule has 2 heterocycles. The fraction of sp³-hybridized carbons (Fsp3) is 0.684. The molecule has 2 saturated heterocycles. The monoisotopic (exact) mass is 350 g/mol. The van der Waals surface area contributed by atoms with Gasteiger partial charge in [0.15, 0.2) is 0 Å². The summed E-state index contributed by atoms with van der Waals surface area (Å²) in [5.41, 5.74) is 1.22. The first-order valence-corrected chi connectivity index (χ1v) is 9.23. The fourth-order valence-electron chi connectivity index (χ4n) is 3.44. The molecule has 140 valence electrons. The van der Waals surface area contributed by atoms with Crippen LogP contribution >= 0.6 is 0 Å². The van der Waals surface area contributed by atoms with Crippen LogP contribution in [0.15, 0.2) is 24.3 Å². The van der Waals surface area contributed by atoms with Crippen LogP contribution in [0, 0.1) is 0 Å². The van der Waals surface area contributed by atoms with E-state index in [4.69, 9.17) is 14.2 Å². The number of nitrogens with zero attached hydrogens (tertiary/aromatic N) is 2. The maximum Gasteiger partial charge on any atom is 0.119 e. The molecule has 1 aromatic rings. The van der Waals surface area contributed by atoms with Gasteiger partial charge in [-0.3, -0.25) is 4.90 Å². The van der Waals surface area contributed by atoms with Crippen molar-refractivity contribution in [2.75, 3.05) is 64.6 Å². The summed E-state index contributed by atoms with van der Waals surface area (Å²) >= 11 is 0. The Morgan fingerprint density at radius 3 is 2.60 bits per heavy atom. The van der Waals surface area contributed by atoms with Gasteiger partial charge >= 0.3 is 0 Å². The molecule has 6 nitrogen and oxygen atoms in total. The van der Waals surface area contributed by atoms with Crippen molar-refractivity contribution in [2.45, 2.75) is 25.0 Å². The molecule has 1 N–H and O–H groups in total. The number of hydrogen-bond acceptors (Lipinski definition) is 6. The summed E-state index contributed by atoms with van der Waals surface area (Å²) < 4.78 is 16.3. The van der Waals surface area contributed by atoms with Gasteiger partial charge in [0.05, 0.1) is 32.5 Å². The number of rotatable bonds is 8. The maximum atomic E-state index is 10.2. The van der Waals surface area contributed by atoms with Gasteiger partial charge in [-0.05, 0) is 37.1 Å². The quantitative estimate of drug-likeness (QED) is 0.764. The number of hydrogen-bond donors (Lipinski definition) is 1. The van der Waals surface area contributed by atoms with E-state index in [9.17, 15) is 5.11 Å². The molecule has 1 aromatic carbocycles. The second-order valence-electron chi connectivity index (χ2n) is 6.81. The van der Waals surface area contributed by atoms with Crippen LogP contribution < -0.4 is 9.64 Å². The molecule has 0 bridgehead atoms. The largest absolute Gasteiger partial charge is 0.497 e. The van der Waals surface area contributed by atoms with Gasteiger partial charge in [-0.1, -0.05) is 0 Å². The van der Waals surface area contributed by atoms with Crippen molar-refractivity contribution in [3.05, 3.63) is 24.3 Å². The van der Waals surface area contributed by atoms with Crippen LogP contribution in [-0.2, 0) is 9.47 Å². The van der Waals surface area contributed by atoms with Crippen LogP contribution in [-0.4, -0.2) is 81.9 Å². The minimum absolute atomic E-state index is 0.222. The predicted molar refractivity (Wildman–Crippen MR) is 97.4 cm³/mol. The van der Waals surface area contributed by atoms with Crippen LogP contribution in [0.4, 0.5) is 5.69 Å². The fourth-order valence-corrected chi connectivity index (χ4v) is 3.44. The maximum absolute atomic E-state index is 10.2. The van der Waals surface area contributed by atoms with Crippen LogP contribution in [0.5, 0.6) is 5.75 Å². The van der Waals surface area contributed by atoms with E-state index in [1.165, 1.54) is 5.69 Å².